The fraction of sp³-hybridized carbons (Fsp3) is 0.462. The number of hydrazine groups is 1. The molecule has 1 heterocycles. The van der Waals surface area contributed by atoms with Crippen LogP contribution in [0.2, 0.25) is 0 Å². The van der Waals surface area contributed by atoms with E-state index in [9.17, 15) is 14.9 Å². The number of nitro benzene ring substituents is 1. The largest absolute Gasteiger partial charge is 0.381 e. The van der Waals surface area contributed by atoms with Crippen LogP contribution in [0.4, 0.5) is 11.4 Å². The van der Waals surface area contributed by atoms with Crippen LogP contribution >= 0.6 is 0 Å². The van der Waals surface area contributed by atoms with Crippen molar-refractivity contribution < 1.29 is 14.5 Å². The van der Waals surface area contributed by atoms with Gasteiger partial charge in [-0.2, -0.15) is 0 Å². The highest BCUT2D eigenvalue weighted by molar-refractivity contribution is 6.00. The Balaban J connectivity index is 2.26. The van der Waals surface area contributed by atoms with Gasteiger partial charge in [-0.15, -0.1) is 0 Å². The number of carbonyl (C=O) groups is 1. The third kappa shape index (κ3) is 3.11. The maximum atomic E-state index is 12.5. The Bertz CT molecular complexity index is 541. The summed E-state index contributed by atoms with van der Waals surface area (Å²) in [6.45, 7) is 1.05. The molecule has 114 valence electrons. The number of piperidine rings is 1. The molecule has 1 saturated heterocycles. The first kappa shape index (κ1) is 15.2. The van der Waals surface area contributed by atoms with Crippen molar-refractivity contribution in [3.05, 3.63) is 33.9 Å². The first-order valence-corrected chi connectivity index (χ1v) is 6.64. The predicted octanol–water partition coefficient (Wildman–Crippen LogP) is 1.13. The van der Waals surface area contributed by atoms with Crippen LogP contribution < -0.4 is 11.3 Å². The minimum Gasteiger partial charge on any atom is -0.381 e. The monoisotopic (exact) mass is 294 g/mol. The maximum Gasteiger partial charge on any atom is 0.306 e. The van der Waals surface area contributed by atoms with Gasteiger partial charge in [-0.1, -0.05) is 6.07 Å². The number of nitrogen functional groups attached to an aromatic ring is 1. The van der Waals surface area contributed by atoms with Crippen molar-refractivity contribution in [2.24, 2.45) is 5.84 Å². The fourth-order valence-electron chi connectivity index (χ4n) is 2.49. The number of benzene rings is 1. The molecule has 0 atom stereocenters. The number of hydrogen-bond acceptors (Lipinski definition) is 6. The summed E-state index contributed by atoms with van der Waals surface area (Å²) in [6, 6.07) is 4.48. The summed E-state index contributed by atoms with van der Waals surface area (Å²) >= 11 is 0. The fourth-order valence-corrected chi connectivity index (χ4v) is 2.49. The Morgan fingerprint density at radius 3 is 2.67 bits per heavy atom. The van der Waals surface area contributed by atoms with Gasteiger partial charge in [0.1, 0.15) is 11.3 Å². The first-order chi connectivity index (χ1) is 10.1. The molecule has 8 nitrogen and oxygen atoms in total. The molecule has 1 aromatic carbocycles. The molecular weight excluding hydrogens is 276 g/mol. The number of rotatable bonds is 4. The zero-order valence-corrected chi connectivity index (χ0v) is 11.7. The summed E-state index contributed by atoms with van der Waals surface area (Å²) in [5.41, 5.74) is 2.14. The molecule has 8 heteroatoms. The molecule has 21 heavy (non-hydrogen) atoms. The van der Waals surface area contributed by atoms with Crippen LogP contribution in [0.5, 0.6) is 0 Å². The third-order valence-electron chi connectivity index (χ3n) is 3.67. The molecule has 1 aliphatic rings. The molecule has 0 unspecified atom stereocenters. The van der Waals surface area contributed by atoms with Gasteiger partial charge in [0.25, 0.3) is 5.91 Å². The van der Waals surface area contributed by atoms with Crippen molar-refractivity contribution in [3.63, 3.8) is 0 Å². The highest BCUT2D eigenvalue weighted by atomic mass is 16.6. The summed E-state index contributed by atoms with van der Waals surface area (Å²) < 4.78 is 5.25. The average molecular weight is 294 g/mol. The SMILES string of the molecule is COC1CCN(C(=O)c2cccc(NN)c2[N+](=O)[O-])CC1. The van der Waals surface area contributed by atoms with Crippen LogP contribution in [0, 0.1) is 10.1 Å². The second kappa shape index (κ2) is 6.51. The van der Waals surface area contributed by atoms with Crippen molar-refractivity contribution in [2.45, 2.75) is 18.9 Å². The van der Waals surface area contributed by atoms with Gasteiger partial charge in [-0.3, -0.25) is 20.8 Å². The van der Waals surface area contributed by atoms with Crippen LogP contribution in [0.25, 0.3) is 0 Å². The highest BCUT2D eigenvalue weighted by Crippen LogP contribution is 2.29. The summed E-state index contributed by atoms with van der Waals surface area (Å²) in [5, 5.41) is 11.2. The Kier molecular flexibility index (Phi) is 4.71. The van der Waals surface area contributed by atoms with E-state index in [0.29, 0.717) is 13.1 Å². The standard InChI is InChI=1S/C13H18N4O4/c1-21-9-5-7-16(8-6-9)13(18)10-3-2-4-11(15-14)12(10)17(19)20/h2-4,9,15H,5-8,14H2,1H3. The van der Waals surface area contributed by atoms with E-state index in [0.717, 1.165) is 12.8 Å². The van der Waals surface area contributed by atoms with E-state index in [2.05, 4.69) is 5.43 Å². The zero-order valence-electron chi connectivity index (χ0n) is 11.7. The molecule has 2 rings (SSSR count). The number of anilines is 1. The van der Waals surface area contributed by atoms with Gasteiger partial charge < -0.3 is 15.1 Å². The predicted molar refractivity (Wildman–Crippen MR) is 76.8 cm³/mol. The smallest absolute Gasteiger partial charge is 0.306 e. The number of methoxy groups -OCH3 is 1. The van der Waals surface area contributed by atoms with Crippen LogP contribution in [0.1, 0.15) is 23.2 Å². The number of para-hydroxylation sites is 1. The number of nitrogens with two attached hydrogens (primary N) is 1. The summed E-state index contributed by atoms with van der Waals surface area (Å²) in [4.78, 5) is 24.7. The molecular formula is C13H18N4O4. The molecule has 1 fully saturated rings. The lowest BCUT2D eigenvalue weighted by Crippen LogP contribution is -2.40. The average Bonchev–Trinajstić information content (AvgIpc) is 2.53. The number of nitrogens with zero attached hydrogens (tertiary/aromatic N) is 2. The topological polar surface area (TPSA) is 111 Å². The normalized spacial score (nSPS) is 15.8. The minimum atomic E-state index is -0.593. The first-order valence-electron chi connectivity index (χ1n) is 6.64. The molecule has 1 amide bonds. The van der Waals surface area contributed by atoms with Gasteiger partial charge in [0.05, 0.1) is 11.0 Å². The van der Waals surface area contributed by atoms with E-state index in [1.807, 2.05) is 0 Å². The van der Waals surface area contributed by atoms with E-state index in [4.69, 9.17) is 10.6 Å². The van der Waals surface area contributed by atoms with Crippen molar-refractivity contribution in [1.29, 1.82) is 0 Å². The Morgan fingerprint density at radius 2 is 2.14 bits per heavy atom. The molecule has 0 aromatic heterocycles. The lowest BCUT2D eigenvalue weighted by Gasteiger charge is -2.31. The molecule has 0 spiro atoms. The van der Waals surface area contributed by atoms with Gasteiger partial charge in [0, 0.05) is 20.2 Å². The summed E-state index contributed by atoms with van der Waals surface area (Å²) in [7, 11) is 1.64. The number of nitrogens with one attached hydrogen (secondary N) is 1. The third-order valence-corrected chi connectivity index (χ3v) is 3.67. The quantitative estimate of drug-likeness (QED) is 0.489. The van der Waals surface area contributed by atoms with E-state index in [1.165, 1.54) is 12.1 Å². The molecule has 0 bridgehead atoms. The van der Waals surface area contributed by atoms with Crippen LogP contribution in [0.15, 0.2) is 18.2 Å². The Hall–Kier alpha value is -2.19. The van der Waals surface area contributed by atoms with Gasteiger partial charge >= 0.3 is 5.69 Å². The number of carbonyl (C=O) groups excluding carboxylic acids is 1. The molecule has 1 aromatic rings. The van der Waals surface area contributed by atoms with Crippen molar-refractivity contribution in [2.75, 3.05) is 25.6 Å². The van der Waals surface area contributed by atoms with Gasteiger partial charge in [0.15, 0.2) is 0 Å². The van der Waals surface area contributed by atoms with Gasteiger partial charge in [-0.05, 0) is 25.0 Å². The van der Waals surface area contributed by atoms with E-state index >= 15 is 0 Å². The second-order valence-corrected chi connectivity index (χ2v) is 4.83. The van der Waals surface area contributed by atoms with Crippen molar-refractivity contribution in [1.82, 2.24) is 4.90 Å². The molecule has 1 aliphatic heterocycles. The Labute approximate surface area is 122 Å². The molecule has 3 N–H and O–H groups in total. The lowest BCUT2D eigenvalue weighted by atomic mass is 10.0. The number of hydrogen-bond donors (Lipinski definition) is 2. The van der Waals surface area contributed by atoms with Crippen molar-refractivity contribution >= 4 is 17.3 Å². The second-order valence-electron chi connectivity index (χ2n) is 4.83. The Morgan fingerprint density at radius 1 is 1.48 bits per heavy atom. The van der Waals surface area contributed by atoms with E-state index in [-0.39, 0.29) is 28.9 Å². The van der Waals surface area contributed by atoms with Crippen LogP contribution in [-0.2, 0) is 4.74 Å². The van der Waals surface area contributed by atoms with E-state index in [1.54, 1.807) is 18.1 Å². The molecule has 0 radical (unpaired) electrons. The van der Waals surface area contributed by atoms with Crippen LogP contribution in [-0.4, -0.2) is 42.0 Å². The van der Waals surface area contributed by atoms with Gasteiger partial charge in [0.2, 0.25) is 0 Å². The highest BCUT2D eigenvalue weighted by Gasteiger charge is 2.30. The van der Waals surface area contributed by atoms with Gasteiger partial charge in [-0.25, -0.2) is 0 Å². The maximum absolute atomic E-state index is 12.5. The number of ether oxygens (including phenoxy) is 1. The van der Waals surface area contributed by atoms with Crippen LogP contribution in [0.3, 0.4) is 0 Å². The number of nitro groups is 1. The lowest BCUT2D eigenvalue weighted by molar-refractivity contribution is -0.384. The zero-order chi connectivity index (χ0) is 15.4. The molecule has 0 saturated carbocycles. The van der Waals surface area contributed by atoms with Crippen molar-refractivity contribution in [3.8, 4) is 0 Å². The minimum absolute atomic E-state index is 0.0475. The summed E-state index contributed by atoms with van der Waals surface area (Å²) in [5.74, 6) is 4.92. The van der Waals surface area contributed by atoms with E-state index < -0.39 is 4.92 Å². The number of amides is 1. The number of likely N-dealkylation sites (tertiary alicyclic amines) is 1. The molecule has 0 aliphatic carbocycles. The summed E-state index contributed by atoms with van der Waals surface area (Å²) in [6.07, 6.45) is 1.59.